The first kappa shape index (κ1) is 16.1. The van der Waals surface area contributed by atoms with Crippen LogP contribution < -0.4 is 0 Å². The molecular weight excluding hydrogens is 317 g/mol. The fraction of sp³-hybridized carbons (Fsp3) is 0.294. The van der Waals surface area contributed by atoms with Gasteiger partial charge in [0.25, 0.3) is 0 Å². The van der Waals surface area contributed by atoms with Crippen molar-refractivity contribution in [3.8, 4) is 0 Å². The van der Waals surface area contributed by atoms with Gasteiger partial charge < -0.3 is 4.74 Å². The van der Waals surface area contributed by atoms with E-state index in [4.69, 9.17) is 4.74 Å². The Kier molecular flexibility index (Phi) is 4.48. The lowest BCUT2D eigenvalue weighted by Gasteiger charge is -2.37. The van der Waals surface area contributed by atoms with E-state index in [1.807, 2.05) is 30.3 Å². The summed E-state index contributed by atoms with van der Waals surface area (Å²) in [5, 5.41) is 0. The Morgan fingerprint density at radius 3 is 2.00 bits per heavy atom. The zero-order chi connectivity index (χ0) is 16.4. The molecule has 1 aliphatic heterocycles. The van der Waals surface area contributed by atoms with Crippen LogP contribution in [0.5, 0.6) is 0 Å². The van der Waals surface area contributed by atoms with Crippen molar-refractivity contribution in [1.82, 2.24) is 4.31 Å². The molecule has 0 bridgehead atoms. The maximum atomic E-state index is 13.1. The van der Waals surface area contributed by atoms with Gasteiger partial charge in [-0.1, -0.05) is 42.5 Å². The van der Waals surface area contributed by atoms with Crippen LogP contribution >= 0.6 is 0 Å². The van der Waals surface area contributed by atoms with Crippen molar-refractivity contribution >= 4 is 10.0 Å². The summed E-state index contributed by atoms with van der Waals surface area (Å²) >= 11 is 0. The first-order valence-electron chi connectivity index (χ1n) is 7.34. The van der Waals surface area contributed by atoms with Crippen molar-refractivity contribution < 1.29 is 17.5 Å². The van der Waals surface area contributed by atoms with Gasteiger partial charge in [-0.3, -0.25) is 0 Å². The van der Waals surface area contributed by atoms with Gasteiger partial charge in [0.15, 0.2) is 0 Å². The minimum absolute atomic E-state index is 0.230. The quantitative estimate of drug-likeness (QED) is 0.866. The summed E-state index contributed by atoms with van der Waals surface area (Å²) in [5.74, 6) is -0.330. The van der Waals surface area contributed by atoms with Gasteiger partial charge in [0.05, 0.1) is 18.5 Å². The second kappa shape index (κ2) is 6.39. The molecule has 1 saturated heterocycles. The summed E-state index contributed by atoms with van der Waals surface area (Å²) in [4.78, 5) is 0. The minimum Gasteiger partial charge on any atom is -0.363 e. The Labute approximate surface area is 135 Å². The fourth-order valence-corrected chi connectivity index (χ4v) is 3.53. The Morgan fingerprint density at radius 1 is 0.957 bits per heavy atom. The highest BCUT2D eigenvalue weighted by atomic mass is 32.2. The number of sulfonamides is 1. The van der Waals surface area contributed by atoms with E-state index in [1.54, 1.807) is 12.1 Å². The third kappa shape index (κ3) is 3.77. The molecule has 1 aliphatic rings. The second-order valence-electron chi connectivity index (χ2n) is 5.66. The minimum atomic E-state index is -3.34. The van der Waals surface area contributed by atoms with E-state index < -0.39 is 16.1 Å². The first-order valence-corrected chi connectivity index (χ1v) is 9.19. The third-order valence-corrected chi connectivity index (χ3v) is 5.19. The molecule has 0 unspecified atom stereocenters. The molecule has 0 spiro atoms. The summed E-state index contributed by atoms with van der Waals surface area (Å²) in [5.41, 5.74) is 1.69. The van der Waals surface area contributed by atoms with Crippen LogP contribution in [0.4, 0.5) is 4.39 Å². The normalized spacial score (nSPS) is 22.9. The number of morpholine rings is 1. The highest BCUT2D eigenvalue weighted by molar-refractivity contribution is 7.88. The lowest BCUT2D eigenvalue weighted by atomic mass is 10.0. The van der Waals surface area contributed by atoms with Gasteiger partial charge in [-0.25, -0.2) is 12.8 Å². The number of nitrogens with zero attached hydrogens (tertiary/aromatic N) is 1. The molecule has 6 heteroatoms. The molecule has 0 saturated carbocycles. The Bertz CT molecular complexity index is 762. The monoisotopic (exact) mass is 335 g/mol. The van der Waals surface area contributed by atoms with Crippen molar-refractivity contribution in [3.63, 3.8) is 0 Å². The van der Waals surface area contributed by atoms with Crippen LogP contribution in [0.25, 0.3) is 0 Å². The van der Waals surface area contributed by atoms with Gasteiger partial charge in [-0.2, -0.15) is 4.31 Å². The van der Waals surface area contributed by atoms with Crippen LogP contribution in [0.3, 0.4) is 0 Å². The van der Waals surface area contributed by atoms with Crippen LogP contribution in [-0.4, -0.2) is 32.1 Å². The maximum Gasteiger partial charge on any atom is 0.211 e. The van der Waals surface area contributed by atoms with E-state index in [2.05, 4.69) is 0 Å². The Hall–Kier alpha value is -1.76. The molecule has 3 rings (SSSR count). The molecule has 4 nitrogen and oxygen atoms in total. The van der Waals surface area contributed by atoms with Gasteiger partial charge >= 0.3 is 0 Å². The molecule has 1 fully saturated rings. The van der Waals surface area contributed by atoms with Gasteiger partial charge in [-0.15, -0.1) is 0 Å². The van der Waals surface area contributed by atoms with E-state index >= 15 is 0 Å². The highest BCUT2D eigenvalue weighted by Crippen LogP contribution is 2.33. The highest BCUT2D eigenvalue weighted by Gasteiger charge is 2.34. The summed E-state index contributed by atoms with van der Waals surface area (Å²) in [6, 6.07) is 15.5. The summed E-state index contributed by atoms with van der Waals surface area (Å²) in [6.07, 6.45) is 0.418. The number of ether oxygens (including phenoxy) is 1. The number of benzene rings is 2. The topological polar surface area (TPSA) is 46.6 Å². The number of rotatable bonds is 3. The van der Waals surface area contributed by atoms with Crippen molar-refractivity contribution in [2.24, 2.45) is 0 Å². The van der Waals surface area contributed by atoms with Gasteiger partial charge in [0.1, 0.15) is 5.82 Å². The zero-order valence-corrected chi connectivity index (χ0v) is 13.5. The van der Waals surface area contributed by atoms with Crippen LogP contribution in [0, 0.1) is 5.82 Å². The van der Waals surface area contributed by atoms with Crippen LogP contribution in [0.2, 0.25) is 0 Å². The Morgan fingerprint density at radius 2 is 1.48 bits per heavy atom. The van der Waals surface area contributed by atoms with E-state index in [0.29, 0.717) is 0 Å². The fourth-order valence-electron chi connectivity index (χ4n) is 2.71. The van der Waals surface area contributed by atoms with E-state index in [-0.39, 0.29) is 25.0 Å². The van der Waals surface area contributed by atoms with E-state index in [1.165, 1.54) is 22.7 Å². The van der Waals surface area contributed by atoms with Crippen molar-refractivity contribution in [3.05, 3.63) is 71.5 Å². The predicted molar refractivity (Wildman–Crippen MR) is 85.8 cm³/mol. The molecular formula is C17H18FNO3S. The molecule has 23 heavy (non-hydrogen) atoms. The second-order valence-corrected chi connectivity index (χ2v) is 7.64. The number of hydrogen-bond donors (Lipinski definition) is 0. The molecule has 2 aromatic carbocycles. The SMILES string of the molecule is CS(=O)(=O)N1C[C@@H](c2ccccc2)O[C@H](c2ccc(F)cc2)C1. The summed E-state index contributed by atoms with van der Waals surface area (Å²) in [7, 11) is -3.34. The van der Waals surface area contributed by atoms with Gasteiger partial charge in [0, 0.05) is 13.1 Å². The molecule has 2 aromatic rings. The lowest BCUT2D eigenvalue weighted by Crippen LogP contribution is -2.43. The lowest BCUT2D eigenvalue weighted by molar-refractivity contribution is -0.0670. The zero-order valence-electron chi connectivity index (χ0n) is 12.7. The summed E-state index contributed by atoms with van der Waals surface area (Å²) in [6.45, 7) is 0.508. The van der Waals surface area contributed by atoms with E-state index in [0.717, 1.165) is 11.1 Å². The maximum absolute atomic E-state index is 13.1. The van der Waals surface area contributed by atoms with Crippen molar-refractivity contribution in [1.29, 1.82) is 0 Å². The van der Waals surface area contributed by atoms with Crippen LogP contribution in [0.15, 0.2) is 54.6 Å². The van der Waals surface area contributed by atoms with Crippen molar-refractivity contribution in [2.45, 2.75) is 12.2 Å². The molecule has 0 amide bonds. The number of halogens is 1. The molecule has 122 valence electrons. The van der Waals surface area contributed by atoms with Crippen LogP contribution in [0.1, 0.15) is 23.3 Å². The van der Waals surface area contributed by atoms with Crippen LogP contribution in [-0.2, 0) is 14.8 Å². The molecule has 2 atom stereocenters. The molecule has 1 heterocycles. The smallest absolute Gasteiger partial charge is 0.211 e. The molecule has 0 aliphatic carbocycles. The Balaban J connectivity index is 1.92. The molecule has 0 aromatic heterocycles. The van der Waals surface area contributed by atoms with Crippen molar-refractivity contribution in [2.75, 3.05) is 19.3 Å². The average Bonchev–Trinajstić information content (AvgIpc) is 2.55. The average molecular weight is 335 g/mol. The third-order valence-electron chi connectivity index (χ3n) is 3.95. The van der Waals surface area contributed by atoms with Gasteiger partial charge in [0.2, 0.25) is 10.0 Å². The molecule has 0 radical (unpaired) electrons. The predicted octanol–water partition coefficient (Wildman–Crippen LogP) is 2.90. The summed E-state index contributed by atoms with van der Waals surface area (Å²) < 4.78 is 44.6. The first-order chi connectivity index (χ1) is 10.9. The largest absolute Gasteiger partial charge is 0.363 e. The van der Waals surface area contributed by atoms with Gasteiger partial charge in [-0.05, 0) is 23.3 Å². The number of hydrogen-bond acceptors (Lipinski definition) is 3. The molecule has 0 N–H and O–H groups in total. The standard InChI is InChI=1S/C17H18FNO3S/c1-23(20,21)19-11-16(13-5-3-2-4-6-13)22-17(12-19)14-7-9-15(18)10-8-14/h2-10,16-17H,11-12H2,1H3/t16-,17-/m0/s1. The van der Waals surface area contributed by atoms with E-state index in [9.17, 15) is 12.8 Å².